The van der Waals surface area contributed by atoms with Gasteiger partial charge in [-0.3, -0.25) is 4.84 Å². The van der Waals surface area contributed by atoms with Crippen LogP contribution in [0.3, 0.4) is 0 Å². The van der Waals surface area contributed by atoms with Crippen molar-refractivity contribution in [3.8, 4) is 0 Å². The largest absolute Gasteiger partial charge is 0.298 e. The van der Waals surface area contributed by atoms with Crippen molar-refractivity contribution in [1.82, 2.24) is 5.48 Å². The monoisotopic (exact) mass is 169 g/mol. The van der Waals surface area contributed by atoms with Gasteiger partial charge in [-0.15, -0.1) is 0 Å². The molecule has 0 amide bonds. The normalized spacial score (nSPS) is 33.5. The molecule has 12 heavy (non-hydrogen) atoms. The first-order valence-corrected chi connectivity index (χ1v) is 5.35. The molecule has 0 spiro atoms. The smallest absolute Gasteiger partial charge is 0.0818 e. The average molecular weight is 169 g/mol. The Balaban J connectivity index is 1.80. The number of hydrogen-bond acceptors (Lipinski definition) is 2. The molecule has 1 saturated heterocycles. The van der Waals surface area contributed by atoms with E-state index in [9.17, 15) is 0 Å². The lowest BCUT2D eigenvalue weighted by atomic mass is 9.83. The van der Waals surface area contributed by atoms with Gasteiger partial charge in [0, 0.05) is 6.54 Å². The highest BCUT2D eigenvalue weighted by atomic mass is 16.7. The standard InChI is InChI=1S/C10H19NO/c1-2-5-9(6-3-1)10-7-4-8-11-12-10/h9-11H,1-8H2. The van der Waals surface area contributed by atoms with E-state index in [1.807, 2.05) is 0 Å². The molecule has 0 aromatic heterocycles. The highest BCUT2D eigenvalue weighted by Crippen LogP contribution is 2.30. The molecular weight excluding hydrogens is 150 g/mol. The van der Waals surface area contributed by atoms with Crippen molar-refractivity contribution in [2.75, 3.05) is 6.54 Å². The molecule has 2 fully saturated rings. The number of rotatable bonds is 1. The van der Waals surface area contributed by atoms with Gasteiger partial charge in [0.25, 0.3) is 0 Å². The maximum absolute atomic E-state index is 5.57. The second kappa shape index (κ2) is 4.24. The Labute approximate surface area is 74.6 Å². The second-order valence-corrected chi connectivity index (χ2v) is 4.09. The predicted molar refractivity (Wildman–Crippen MR) is 48.7 cm³/mol. The number of hydrogen-bond donors (Lipinski definition) is 1. The van der Waals surface area contributed by atoms with E-state index in [0.29, 0.717) is 6.10 Å². The van der Waals surface area contributed by atoms with Crippen molar-refractivity contribution in [2.24, 2.45) is 5.92 Å². The van der Waals surface area contributed by atoms with Crippen molar-refractivity contribution >= 4 is 0 Å². The van der Waals surface area contributed by atoms with Crippen LogP contribution in [0.4, 0.5) is 0 Å². The van der Waals surface area contributed by atoms with Crippen LogP contribution in [-0.4, -0.2) is 12.6 Å². The van der Waals surface area contributed by atoms with E-state index in [4.69, 9.17) is 4.84 Å². The van der Waals surface area contributed by atoms with Crippen molar-refractivity contribution in [3.05, 3.63) is 0 Å². The third-order valence-electron chi connectivity index (χ3n) is 3.18. The Morgan fingerprint density at radius 1 is 0.917 bits per heavy atom. The minimum Gasteiger partial charge on any atom is -0.298 e. The van der Waals surface area contributed by atoms with Crippen LogP contribution in [0.1, 0.15) is 44.9 Å². The first-order chi connectivity index (χ1) is 5.97. The molecule has 1 N–H and O–H groups in total. The summed E-state index contributed by atoms with van der Waals surface area (Å²) in [7, 11) is 0. The molecule has 2 rings (SSSR count). The molecule has 1 aliphatic heterocycles. The second-order valence-electron chi connectivity index (χ2n) is 4.09. The third-order valence-corrected chi connectivity index (χ3v) is 3.18. The zero-order chi connectivity index (χ0) is 8.23. The average Bonchev–Trinajstić information content (AvgIpc) is 2.21. The SMILES string of the molecule is C1CCC(C2CCCNO2)CC1. The van der Waals surface area contributed by atoms with E-state index >= 15 is 0 Å². The maximum atomic E-state index is 5.57. The molecule has 1 unspecified atom stereocenters. The van der Waals surface area contributed by atoms with Crippen LogP contribution in [-0.2, 0) is 4.84 Å². The summed E-state index contributed by atoms with van der Waals surface area (Å²) in [5.41, 5.74) is 3.03. The van der Waals surface area contributed by atoms with E-state index in [1.165, 1.54) is 44.9 Å². The molecule has 0 radical (unpaired) electrons. The van der Waals surface area contributed by atoms with Crippen molar-refractivity contribution in [1.29, 1.82) is 0 Å². The van der Waals surface area contributed by atoms with Gasteiger partial charge in [0.15, 0.2) is 0 Å². The van der Waals surface area contributed by atoms with E-state index in [0.717, 1.165) is 12.5 Å². The molecule has 0 aromatic carbocycles. The lowest BCUT2D eigenvalue weighted by molar-refractivity contribution is -0.0895. The van der Waals surface area contributed by atoms with E-state index < -0.39 is 0 Å². The van der Waals surface area contributed by atoms with Gasteiger partial charge in [-0.1, -0.05) is 19.3 Å². The van der Waals surface area contributed by atoms with Gasteiger partial charge < -0.3 is 0 Å². The summed E-state index contributed by atoms with van der Waals surface area (Å²) in [4.78, 5) is 5.57. The molecular formula is C10H19NO. The maximum Gasteiger partial charge on any atom is 0.0818 e. The Morgan fingerprint density at radius 2 is 1.75 bits per heavy atom. The number of hydroxylamine groups is 1. The Morgan fingerprint density at radius 3 is 2.42 bits per heavy atom. The molecule has 2 nitrogen and oxygen atoms in total. The summed E-state index contributed by atoms with van der Waals surface area (Å²) < 4.78 is 0. The minimum absolute atomic E-state index is 0.527. The summed E-state index contributed by atoms with van der Waals surface area (Å²) in [6, 6.07) is 0. The molecule has 70 valence electrons. The van der Waals surface area contributed by atoms with Crippen LogP contribution in [0.5, 0.6) is 0 Å². The first-order valence-electron chi connectivity index (χ1n) is 5.35. The van der Waals surface area contributed by atoms with Gasteiger partial charge in [0.1, 0.15) is 0 Å². The van der Waals surface area contributed by atoms with E-state index in [2.05, 4.69) is 5.48 Å². The summed E-state index contributed by atoms with van der Waals surface area (Å²) in [5, 5.41) is 0. The Bertz CT molecular complexity index is 110. The van der Waals surface area contributed by atoms with Crippen molar-refractivity contribution < 1.29 is 4.84 Å². The first kappa shape index (κ1) is 8.52. The minimum atomic E-state index is 0.527. The highest BCUT2D eigenvalue weighted by Gasteiger charge is 2.25. The summed E-state index contributed by atoms with van der Waals surface area (Å²) in [5.74, 6) is 0.853. The number of nitrogens with one attached hydrogen (secondary N) is 1. The molecule has 2 aliphatic rings. The van der Waals surface area contributed by atoms with Crippen LogP contribution < -0.4 is 5.48 Å². The molecule has 0 bridgehead atoms. The van der Waals surface area contributed by atoms with Crippen LogP contribution in [0, 0.1) is 5.92 Å². The van der Waals surface area contributed by atoms with Crippen LogP contribution in [0.15, 0.2) is 0 Å². The van der Waals surface area contributed by atoms with Gasteiger partial charge in [0.05, 0.1) is 6.10 Å². The topological polar surface area (TPSA) is 21.3 Å². The molecule has 1 heterocycles. The zero-order valence-corrected chi connectivity index (χ0v) is 7.72. The van der Waals surface area contributed by atoms with Gasteiger partial charge in [-0.25, -0.2) is 5.48 Å². The van der Waals surface area contributed by atoms with Gasteiger partial charge in [-0.05, 0) is 31.6 Å². The summed E-state index contributed by atoms with van der Waals surface area (Å²) in [6.45, 7) is 1.04. The predicted octanol–water partition coefficient (Wildman–Crippen LogP) is 2.25. The fraction of sp³-hybridized carbons (Fsp3) is 1.00. The van der Waals surface area contributed by atoms with Gasteiger partial charge >= 0.3 is 0 Å². The lowest BCUT2D eigenvalue weighted by Gasteiger charge is -2.32. The van der Waals surface area contributed by atoms with Crippen LogP contribution in [0.25, 0.3) is 0 Å². The van der Waals surface area contributed by atoms with Crippen molar-refractivity contribution in [3.63, 3.8) is 0 Å². The molecule has 1 atom stereocenters. The Hall–Kier alpha value is -0.0800. The Kier molecular flexibility index (Phi) is 3.01. The van der Waals surface area contributed by atoms with E-state index in [-0.39, 0.29) is 0 Å². The van der Waals surface area contributed by atoms with Gasteiger partial charge in [0.2, 0.25) is 0 Å². The highest BCUT2D eigenvalue weighted by molar-refractivity contribution is 4.75. The molecule has 1 saturated carbocycles. The summed E-state index contributed by atoms with van der Waals surface area (Å²) >= 11 is 0. The van der Waals surface area contributed by atoms with Crippen LogP contribution in [0.2, 0.25) is 0 Å². The quantitative estimate of drug-likeness (QED) is 0.650. The molecule has 1 aliphatic carbocycles. The molecule has 0 aromatic rings. The molecule has 2 heteroatoms. The van der Waals surface area contributed by atoms with Gasteiger partial charge in [-0.2, -0.15) is 0 Å². The summed E-state index contributed by atoms with van der Waals surface area (Å²) in [6.07, 6.45) is 10.2. The van der Waals surface area contributed by atoms with Crippen LogP contribution >= 0.6 is 0 Å². The fourth-order valence-corrected chi connectivity index (χ4v) is 2.44. The van der Waals surface area contributed by atoms with E-state index in [1.54, 1.807) is 0 Å². The lowest BCUT2D eigenvalue weighted by Crippen LogP contribution is -2.36. The fourth-order valence-electron chi connectivity index (χ4n) is 2.44. The zero-order valence-electron chi connectivity index (χ0n) is 7.72. The van der Waals surface area contributed by atoms with Crippen molar-refractivity contribution in [2.45, 2.75) is 51.0 Å². The third kappa shape index (κ3) is 1.99.